The standard InChI is InChI=1S/C15H17ClF3N3O/c1-4-11-12(14(23)20-6-8(2)3)22-7-9(15(17,18)19)5-10(16)13(22)21-11/h5,7-8H,4,6H2,1-3H3,(H,20,23). The average molecular weight is 348 g/mol. The van der Waals surface area contributed by atoms with Crippen molar-refractivity contribution in [2.24, 2.45) is 5.92 Å². The van der Waals surface area contributed by atoms with Crippen LogP contribution in [-0.4, -0.2) is 21.8 Å². The maximum atomic E-state index is 13.0. The molecule has 23 heavy (non-hydrogen) atoms. The molecule has 0 unspecified atom stereocenters. The van der Waals surface area contributed by atoms with Gasteiger partial charge in [0.2, 0.25) is 0 Å². The Morgan fingerprint density at radius 1 is 1.43 bits per heavy atom. The number of halogens is 4. The van der Waals surface area contributed by atoms with E-state index < -0.39 is 17.6 Å². The first-order valence-corrected chi connectivity index (χ1v) is 7.58. The van der Waals surface area contributed by atoms with Gasteiger partial charge in [0.15, 0.2) is 5.65 Å². The summed E-state index contributed by atoms with van der Waals surface area (Å²) in [6, 6.07) is 0.819. The van der Waals surface area contributed by atoms with Gasteiger partial charge in [0.1, 0.15) is 5.69 Å². The largest absolute Gasteiger partial charge is 0.417 e. The minimum atomic E-state index is -4.56. The zero-order valence-corrected chi connectivity index (χ0v) is 13.7. The molecule has 2 heterocycles. The number of carbonyl (C=O) groups is 1. The van der Waals surface area contributed by atoms with Crippen LogP contribution < -0.4 is 5.32 Å². The monoisotopic (exact) mass is 347 g/mol. The summed E-state index contributed by atoms with van der Waals surface area (Å²) >= 11 is 5.93. The highest BCUT2D eigenvalue weighted by molar-refractivity contribution is 6.33. The summed E-state index contributed by atoms with van der Waals surface area (Å²) in [5.41, 5.74) is -0.275. The summed E-state index contributed by atoms with van der Waals surface area (Å²) in [5, 5.41) is 2.56. The van der Waals surface area contributed by atoms with E-state index in [0.29, 0.717) is 18.7 Å². The quantitative estimate of drug-likeness (QED) is 0.910. The van der Waals surface area contributed by atoms with E-state index in [9.17, 15) is 18.0 Å². The molecule has 0 aliphatic heterocycles. The van der Waals surface area contributed by atoms with Crippen LogP contribution in [0, 0.1) is 5.92 Å². The van der Waals surface area contributed by atoms with Crippen molar-refractivity contribution in [3.05, 3.63) is 34.2 Å². The smallest absolute Gasteiger partial charge is 0.350 e. The summed E-state index contributed by atoms with van der Waals surface area (Å²) in [5.74, 6) is -0.240. The Hall–Kier alpha value is -1.76. The third kappa shape index (κ3) is 3.60. The summed E-state index contributed by atoms with van der Waals surface area (Å²) < 4.78 is 40.1. The molecular weight excluding hydrogens is 331 g/mol. The van der Waals surface area contributed by atoms with E-state index in [-0.39, 0.29) is 22.3 Å². The van der Waals surface area contributed by atoms with E-state index in [0.717, 1.165) is 16.7 Å². The maximum Gasteiger partial charge on any atom is 0.417 e. The molecule has 0 aromatic carbocycles. The fourth-order valence-electron chi connectivity index (χ4n) is 2.17. The van der Waals surface area contributed by atoms with Crippen molar-refractivity contribution in [2.45, 2.75) is 33.4 Å². The second-order valence-corrected chi connectivity index (χ2v) is 6.04. The summed E-state index contributed by atoms with van der Waals surface area (Å²) in [7, 11) is 0. The molecule has 1 N–H and O–H groups in total. The van der Waals surface area contributed by atoms with Crippen molar-refractivity contribution < 1.29 is 18.0 Å². The van der Waals surface area contributed by atoms with Gasteiger partial charge in [0.05, 0.1) is 16.3 Å². The van der Waals surface area contributed by atoms with Gasteiger partial charge >= 0.3 is 6.18 Å². The van der Waals surface area contributed by atoms with E-state index in [1.54, 1.807) is 6.92 Å². The molecule has 0 aliphatic carbocycles. The highest BCUT2D eigenvalue weighted by atomic mass is 35.5. The van der Waals surface area contributed by atoms with Crippen LogP contribution in [-0.2, 0) is 12.6 Å². The molecule has 0 saturated carbocycles. The molecule has 0 fully saturated rings. The molecule has 0 aliphatic rings. The van der Waals surface area contributed by atoms with Crippen molar-refractivity contribution >= 4 is 23.2 Å². The molecule has 4 nitrogen and oxygen atoms in total. The van der Waals surface area contributed by atoms with Crippen LogP contribution in [0.15, 0.2) is 12.3 Å². The van der Waals surface area contributed by atoms with Gasteiger partial charge in [-0.2, -0.15) is 13.2 Å². The zero-order valence-electron chi connectivity index (χ0n) is 13.0. The van der Waals surface area contributed by atoms with Gasteiger partial charge in [-0.3, -0.25) is 9.20 Å². The first kappa shape index (κ1) is 17.6. The van der Waals surface area contributed by atoms with E-state index in [1.165, 1.54) is 0 Å². The Kier molecular flexibility index (Phi) is 4.89. The Bertz CT molecular complexity index is 738. The number of fused-ring (bicyclic) bond motifs is 1. The van der Waals surface area contributed by atoms with Crippen LogP contribution in [0.3, 0.4) is 0 Å². The topological polar surface area (TPSA) is 46.4 Å². The van der Waals surface area contributed by atoms with Crippen molar-refractivity contribution in [3.63, 3.8) is 0 Å². The molecular formula is C15H17ClF3N3O. The SMILES string of the molecule is CCc1nc2c(Cl)cc(C(F)(F)F)cn2c1C(=O)NCC(C)C. The number of hydrogen-bond acceptors (Lipinski definition) is 2. The van der Waals surface area contributed by atoms with Gasteiger partial charge < -0.3 is 5.32 Å². The van der Waals surface area contributed by atoms with Crippen LogP contribution in [0.5, 0.6) is 0 Å². The fraction of sp³-hybridized carbons (Fsp3) is 0.467. The van der Waals surface area contributed by atoms with E-state index in [1.807, 2.05) is 13.8 Å². The molecule has 0 saturated heterocycles. The predicted octanol–water partition coefficient (Wildman–Crippen LogP) is 3.95. The summed E-state index contributed by atoms with van der Waals surface area (Å²) in [4.78, 5) is 16.6. The number of nitrogens with one attached hydrogen (secondary N) is 1. The highest BCUT2D eigenvalue weighted by Crippen LogP contribution is 2.33. The summed E-state index contributed by atoms with van der Waals surface area (Å²) in [6.07, 6.45) is -3.29. The molecule has 2 aromatic heterocycles. The Labute approximate surface area is 136 Å². The van der Waals surface area contributed by atoms with Crippen LogP contribution in [0.1, 0.15) is 42.5 Å². The molecule has 0 atom stereocenters. The predicted molar refractivity (Wildman–Crippen MR) is 81.8 cm³/mol. The highest BCUT2D eigenvalue weighted by Gasteiger charge is 2.33. The zero-order chi connectivity index (χ0) is 17.4. The first-order chi connectivity index (χ1) is 10.6. The van der Waals surface area contributed by atoms with Crippen molar-refractivity contribution in [1.82, 2.24) is 14.7 Å². The summed E-state index contributed by atoms with van der Waals surface area (Å²) in [6.45, 7) is 6.05. The third-order valence-electron chi connectivity index (χ3n) is 3.30. The molecule has 126 valence electrons. The number of nitrogens with zero attached hydrogens (tertiary/aromatic N) is 2. The number of carbonyl (C=O) groups excluding carboxylic acids is 1. The van der Waals surface area contributed by atoms with Gasteiger partial charge in [0.25, 0.3) is 5.91 Å². The number of alkyl halides is 3. The van der Waals surface area contributed by atoms with Crippen LogP contribution in [0.4, 0.5) is 13.2 Å². The van der Waals surface area contributed by atoms with E-state index in [4.69, 9.17) is 11.6 Å². The van der Waals surface area contributed by atoms with Crippen LogP contribution in [0.2, 0.25) is 5.02 Å². The number of aryl methyl sites for hydroxylation is 1. The lowest BCUT2D eigenvalue weighted by Gasteiger charge is -2.11. The number of hydrogen-bond donors (Lipinski definition) is 1. The van der Waals surface area contributed by atoms with Gasteiger partial charge in [0, 0.05) is 12.7 Å². The number of pyridine rings is 1. The lowest BCUT2D eigenvalue weighted by Crippen LogP contribution is -2.29. The molecule has 2 aromatic rings. The van der Waals surface area contributed by atoms with Crippen LogP contribution in [0.25, 0.3) is 5.65 Å². The van der Waals surface area contributed by atoms with Gasteiger partial charge in [-0.1, -0.05) is 32.4 Å². The van der Waals surface area contributed by atoms with Gasteiger partial charge in [-0.15, -0.1) is 0 Å². The number of aromatic nitrogens is 2. The maximum absolute atomic E-state index is 13.0. The van der Waals surface area contributed by atoms with Crippen molar-refractivity contribution in [1.29, 1.82) is 0 Å². The second-order valence-electron chi connectivity index (χ2n) is 5.63. The van der Waals surface area contributed by atoms with Gasteiger partial charge in [-0.25, -0.2) is 4.98 Å². The number of amides is 1. The fourth-order valence-corrected chi connectivity index (χ4v) is 2.42. The molecule has 0 bridgehead atoms. The van der Waals surface area contributed by atoms with E-state index in [2.05, 4.69) is 10.3 Å². The van der Waals surface area contributed by atoms with Crippen LogP contribution >= 0.6 is 11.6 Å². The Morgan fingerprint density at radius 2 is 2.09 bits per heavy atom. The minimum absolute atomic E-state index is 0.0937. The first-order valence-electron chi connectivity index (χ1n) is 7.21. The average Bonchev–Trinajstić information content (AvgIpc) is 2.83. The molecule has 8 heteroatoms. The lowest BCUT2D eigenvalue weighted by atomic mass is 10.2. The van der Waals surface area contributed by atoms with Gasteiger partial charge in [-0.05, 0) is 18.4 Å². The van der Waals surface area contributed by atoms with Crippen molar-refractivity contribution in [2.75, 3.05) is 6.54 Å². The number of rotatable bonds is 4. The van der Waals surface area contributed by atoms with Crippen molar-refractivity contribution in [3.8, 4) is 0 Å². The Morgan fingerprint density at radius 3 is 2.61 bits per heavy atom. The molecule has 0 spiro atoms. The molecule has 0 radical (unpaired) electrons. The normalized spacial score (nSPS) is 12.2. The molecule has 1 amide bonds. The number of imidazole rings is 1. The Balaban J connectivity index is 2.61. The van der Waals surface area contributed by atoms with E-state index >= 15 is 0 Å². The third-order valence-corrected chi connectivity index (χ3v) is 3.57. The lowest BCUT2D eigenvalue weighted by molar-refractivity contribution is -0.137. The molecule has 2 rings (SSSR count). The second kappa shape index (κ2) is 6.39. The minimum Gasteiger partial charge on any atom is -0.350 e.